The Labute approximate surface area is 201 Å². The van der Waals surface area contributed by atoms with E-state index in [1.165, 1.54) is 5.56 Å². The average molecular weight is 460 g/mol. The van der Waals surface area contributed by atoms with Crippen LogP contribution in [0.1, 0.15) is 41.8 Å². The fourth-order valence-corrected chi connectivity index (χ4v) is 3.93. The average Bonchev–Trinajstić information content (AvgIpc) is 2.86. The largest absolute Gasteiger partial charge is 0.496 e. The molecule has 0 spiro atoms. The third kappa shape index (κ3) is 6.68. The van der Waals surface area contributed by atoms with E-state index in [-0.39, 0.29) is 11.8 Å². The van der Waals surface area contributed by atoms with E-state index in [1.807, 2.05) is 53.4 Å². The summed E-state index contributed by atoms with van der Waals surface area (Å²) >= 11 is 0. The van der Waals surface area contributed by atoms with Gasteiger partial charge in [-0.2, -0.15) is 0 Å². The van der Waals surface area contributed by atoms with Gasteiger partial charge < -0.3 is 9.64 Å². The molecule has 0 fully saturated rings. The second-order valence-corrected chi connectivity index (χ2v) is 8.74. The van der Waals surface area contributed by atoms with E-state index < -0.39 is 0 Å². The zero-order valence-corrected chi connectivity index (χ0v) is 20.1. The molecule has 0 bridgehead atoms. The number of nitrogen functional groups attached to an aromatic ring is 1. The Morgan fingerprint density at radius 3 is 2.29 bits per heavy atom. The summed E-state index contributed by atoms with van der Waals surface area (Å²) in [7, 11) is 1.63. The Bertz CT molecular complexity index is 1100. The molecule has 0 heterocycles. The molecule has 0 saturated carbocycles. The number of nitrogens with one attached hydrogen (secondary N) is 1. The first-order valence-corrected chi connectivity index (χ1v) is 11.5. The SMILES string of the molecule is COc1cc(CN(CC(C)C)C(=O)CCc2ccccc2)ccc1-c1ccc(C(=O)NN)cc1. The minimum Gasteiger partial charge on any atom is -0.496 e. The molecule has 0 aliphatic heterocycles. The summed E-state index contributed by atoms with van der Waals surface area (Å²) in [5.74, 6) is 6.10. The molecule has 0 atom stereocenters. The molecular weight excluding hydrogens is 426 g/mol. The summed E-state index contributed by atoms with van der Waals surface area (Å²) in [5, 5.41) is 0. The van der Waals surface area contributed by atoms with Crippen LogP contribution in [0.2, 0.25) is 0 Å². The maximum absolute atomic E-state index is 13.1. The van der Waals surface area contributed by atoms with Crippen LogP contribution in [0, 0.1) is 5.92 Å². The summed E-state index contributed by atoms with van der Waals surface area (Å²) in [6.45, 7) is 5.46. The van der Waals surface area contributed by atoms with Crippen LogP contribution in [0.4, 0.5) is 0 Å². The van der Waals surface area contributed by atoms with Gasteiger partial charge in [0.05, 0.1) is 7.11 Å². The zero-order chi connectivity index (χ0) is 24.5. The number of rotatable bonds is 10. The van der Waals surface area contributed by atoms with Crippen LogP contribution in [-0.4, -0.2) is 30.4 Å². The van der Waals surface area contributed by atoms with Crippen LogP contribution in [0.25, 0.3) is 11.1 Å². The first-order valence-electron chi connectivity index (χ1n) is 11.5. The van der Waals surface area contributed by atoms with Crippen LogP contribution >= 0.6 is 0 Å². The molecule has 0 unspecified atom stereocenters. The van der Waals surface area contributed by atoms with E-state index in [0.717, 1.165) is 28.9 Å². The van der Waals surface area contributed by atoms with E-state index in [1.54, 1.807) is 19.2 Å². The van der Waals surface area contributed by atoms with Crippen molar-refractivity contribution < 1.29 is 14.3 Å². The number of benzene rings is 3. The topological polar surface area (TPSA) is 84.7 Å². The Kier molecular flexibility index (Phi) is 8.82. The highest BCUT2D eigenvalue weighted by atomic mass is 16.5. The van der Waals surface area contributed by atoms with Crippen molar-refractivity contribution in [3.63, 3.8) is 0 Å². The predicted octanol–water partition coefficient (Wildman–Crippen LogP) is 4.58. The first kappa shape index (κ1) is 25.0. The predicted molar refractivity (Wildman–Crippen MR) is 135 cm³/mol. The van der Waals surface area contributed by atoms with Crippen LogP contribution in [-0.2, 0) is 17.8 Å². The fraction of sp³-hybridized carbons (Fsp3) is 0.286. The highest BCUT2D eigenvalue weighted by Crippen LogP contribution is 2.31. The van der Waals surface area contributed by atoms with Crippen LogP contribution in [0.15, 0.2) is 72.8 Å². The highest BCUT2D eigenvalue weighted by Gasteiger charge is 2.17. The van der Waals surface area contributed by atoms with Crippen molar-refractivity contribution in [3.8, 4) is 16.9 Å². The summed E-state index contributed by atoms with van der Waals surface area (Å²) in [4.78, 5) is 26.7. The molecule has 0 aliphatic carbocycles. The molecule has 0 radical (unpaired) electrons. The van der Waals surface area contributed by atoms with Gasteiger partial charge in [0.25, 0.3) is 5.91 Å². The lowest BCUT2D eigenvalue weighted by Crippen LogP contribution is -2.33. The molecule has 2 amide bonds. The summed E-state index contributed by atoms with van der Waals surface area (Å²) in [5.41, 5.74) is 6.64. The van der Waals surface area contributed by atoms with Crippen molar-refractivity contribution in [1.29, 1.82) is 0 Å². The number of nitrogens with two attached hydrogens (primary N) is 1. The lowest BCUT2D eigenvalue weighted by molar-refractivity contribution is -0.132. The molecule has 3 aromatic rings. The monoisotopic (exact) mass is 459 g/mol. The minimum atomic E-state index is -0.337. The molecule has 178 valence electrons. The van der Waals surface area contributed by atoms with Gasteiger partial charge in [0.1, 0.15) is 5.75 Å². The van der Waals surface area contributed by atoms with E-state index in [9.17, 15) is 9.59 Å². The van der Waals surface area contributed by atoms with Gasteiger partial charge >= 0.3 is 0 Å². The first-order chi connectivity index (χ1) is 16.4. The van der Waals surface area contributed by atoms with Crippen molar-refractivity contribution >= 4 is 11.8 Å². The van der Waals surface area contributed by atoms with Gasteiger partial charge in [0, 0.05) is 30.6 Å². The van der Waals surface area contributed by atoms with Gasteiger partial charge in [-0.15, -0.1) is 0 Å². The molecule has 34 heavy (non-hydrogen) atoms. The van der Waals surface area contributed by atoms with Gasteiger partial charge in [-0.25, -0.2) is 5.84 Å². The van der Waals surface area contributed by atoms with Crippen LogP contribution in [0.3, 0.4) is 0 Å². The molecule has 0 aliphatic rings. The summed E-state index contributed by atoms with van der Waals surface area (Å²) in [6, 6.07) is 23.3. The number of nitrogens with zero attached hydrogens (tertiary/aromatic N) is 1. The Hall–Kier alpha value is -3.64. The van der Waals surface area contributed by atoms with Crippen LogP contribution < -0.4 is 16.0 Å². The van der Waals surface area contributed by atoms with Gasteiger partial charge in [0.2, 0.25) is 5.91 Å². The van der Waals surface area contributed by atoms with E-state index in [0.29, 0.717) is 31.0 Å². The Morgan fingerprint density at radius 1 is 0.971 bits per heavy atom. The standard InChI is InChI=1S/C28H33N3O3/c1-20(2)18-31(27(32)16-10-21-7-5-4-6-8-21)19-22-9-15-25(26(17-22)34-3)23-11-13-24(14-12-23)28(33)30-29/h4-9,11-15,17,20H,10,16,18-19,29H2,1-3H3,(H,30,33). The number of methoxy groups -OCH3 is 1. The molecule has 3 rings (SSSR count). The molecule has 6 heteroatoms. The third-order valence-electron chi connectivity index (χ3n) is 5.64. The molecule has 0 aromatic heterocycles. The number of hydrogen-bond acceptors (Lipinski definition) is 4. The number of amides is 2. The van der Waals surface area contributed by atoms with E-state index in [2.05, 4.69) is 31.4 Å². The summed E-state index contributed by atoms with van der Waals surface area (Å²) < 4.78 is 5.67. The van der Waals surface area contributed by atoms with Gasteiger partial charge in [0.15, 0.2) is 0 Å². The fourth-order valence-electron chi connectivity index (χ4n) is 3.93. The van der Waals surface area contributed by atoms with Gasteiger partial charge in [-0.1, -0.05) is 68.4 Å². The lowest BCUT2D eigenvalue weighted by atomic mass is 10.0. The van der Waals surface area contributed by atoms with Gasteiger partial charge in [-0.3, -0.25) is 15.0 Å². The number of hydrogen-bond donors (Lipinski definition) is 2. The maximum Gasteiger partial charge on any atom is 0.265 e. The Balaban J connectivity index is 1.76. The van der Waals surface area contributed by atoms with E-state index in [4.69, 9.17) is 10.6 Å². The quantitative estimate of drug-likeness (QED) is 0.264. The number of aryl methyl sites for hydroxylation is 1. The zero-order valence-electron chi connectivity index (χ0n) is 20.1. The summed E-state index contributed by atoms with van der Waals surface area (Å²) in [6.07, 6.45) is 1.21. The number of hydrazine groups is 1. The lowest BCUT2D eigenvalue weighted by Gasteiger charge is -2.25. The van der Waals surface area contributed by atoms with Gasteiger partial charge in [-0.05, 0) is 47.2 Å². The molecule has 0 saturated heterocycles. The normalized spacial score (nSPS) is 10.7. The second kappa shape index (κ2) is 12.0. The maximum atomic E-state index is 13.1. The van der Waals surface area contributed by atoms with Crippen molar-refractivity contribution in [2.24, 2.45) is 11.8 Å². The third-order valence-corrected chi connectivity index (χ3v) is 5.64. The second-order valence-electron chi connectivity index (χ2n) is 8.74. The molecule has 3 N–H and O–H groups in total. The number of ether oxygens (including phenoxy) is 1. The molecule has 3 aromatic carbocycles. The van der Waals surface area contributed by atoms with Crippen molar-refractivity contribution in [2.45, 2.75) is 33.2 Å². The minimum absolute atomic E-state index is 0.148. The van der Waals surface area contributed by atoms with Crippen molar-refractivity contribution in [1.82, 2.24) is 10.3 Å². The van der Waals surface area contributed by atoms with Crippen molar-refractivity contribution in [3.05, 3.63) is 89.5 Å². The number of carbonyl (C=O) groups is 2. The Morgan fingerprint density at radius 2 is 1.68 bits per heavy atom. The van der Waals surface area contributed by atoms with Crippen molar-refractivity contribution in [2.75, 3.05) is 13.7 Å². The molecular formula is C28H33N3O3. The molecule has 6 nitrogen and oxygen atoms in total. The van der Waals surface area contributed by atoms with E-state index >= 15 is 0 Å². The number of carbonyl (C=O) groups excluding carboxylic acids is 2. The highest BCUT2D eigenvalue weighted by molar-refractivity contribution is 5.94. The van der Waals surface area contributed by atoms with Crippen LogP contribution in [0.5, 0.6) is 5.75 Å². The smallest absolute Gasteiger partial charge is 0.265 e.